The maximum Gasteiger partial charge on any atom is 0.306 e. The SMILES string of the molecule is Cc1ccc(S(=O)(=O)O[C@H](C=C=CBr)[C@@H](O)[C@H](O)/C=C/C2CCC(=O)O2)cc1. The van der Waals surface area contributed by atoms with Crippen molar-refractivity contribution in [1.29, 1.82) is 0 Å². The van der Waals surface area contributed by atoms with E-state index in [0.29, 0.717) is 6.42 Å². The van der Waals surface area contributed by atoms with Crippen molar-refractivity contribution in [2.75, 3.05) is 0 Å². The van der Waals surface area contributed by atoms with Crippen LogP contribution in [0.1, 0.15) is 18.4 Å². The van der Waals surface area contributed by atoms with Crippen molar-refractivity contribution in [2.45, 2.75) is 49.1 Å². The Balaban J connectivity index is 2.15. The van der Waals surface area contributed by atoms with Crippen LogP contribution in [0.4, 0.5) is 0 Å². The number of aryl methyl sites for hydroxylation is 1. The van der Waals surface area contributed by atoms with Crippen molar-refractivity contribution >= 4 is 32.0 Å². The largest absolute Gasteiger partial charge is 0.458 e. The van der Waals surface area contributed by atoms with Gasteiger partial charge in [-0.05, 0) is 37.6 Å². The molecular formula is C19H21BrO7S. The molecule has 4 atom stereocenters. The summed E-state index contributed by atoms with van der Waals surface area (Å²) in [5.41, 5.74) is 3.46. The summed E-state index contributed by atoms with van der Waals surface area (Å²) in [5, 5.41) is 20.6. The summed E-state index contributed by atoms with van der Waals surface area (Å²) >= 11 is 3.00. The molecule has 1 fully saturated rings. The van der Waals surface area contributed by atoms with Gasteiger partial charge < -0.3 is 14.9 Å². The molecule has 0 aromatic heterocycles. The average molecular weight is 473 g/mol. The Morgan fingerprint density at radius 2 is 2.00 bits per heavy atom. The van der Waals surface area contributed by atoms with E-state index in [4.69, 9.17) is 8.92 Å². The molecule has 2 rings (SSSR count). The van der Waals surface area contributed by atoms with Crippen molar-refractivity contribution in [1.82, 2.24) is 0 Å². The molecule has 2 N–H and O–H groups in total. The Hall–Kier alpha value is -1.74. The van der Waals surface area contributed by atoms with E-state index in [1.54, 1.807) is 12.1 Å². The van der Waals surface area contributed by atoms with Crippen molar-refractivity contribution in [2.24, 2.45) is 0 Å². The molecule has 0 saturated carbocycles. The molecule has 1 aliphatic rings. The topological polar surface area (TPSA) is 110 Å². The summed E-state index contributed by atoms with van der Waals surface area (Å²) in [7, 11) is -4.19. The zero-order valence-corrected chi connectivity index (χ0v) is 17.5. The Morgan fingerprint density at radius 1 is 1.32 bits per heavy atom. The highest BCUT2D eigenvalue weighted by Gasteiger charge is 2.30. The van der Waals surface area contributed by atoms with Crippen LogP contribution in [0.2, 0.25) is 0 Å². The lowest BCUT2D eigenvalue weighted by molar-refractivity contribution is -0.140. The van der Waals surface area contributed by atoms with Gasteiger partial charge in [0.2, 0.25) is 0 Å². The molecule has 1 saturated heterocycles. The first-order chi connectivity index (χ1) is 13.2. The number of carbonyl (C=O) groups is 1. The second kappa shape index (κ2) is 10.2. The molecule has 1 aliphatic heterocycles. The minimum Gasteiger partial charge on any atom is -0.458 e. The Bertz CT molecular complexity index is 870. The van der Waals surface area contributed by atoms with Crippen LogP contribution in [0.5, 0.6) is 0 Å². The smallest absolute Gasteiger partial charge is 0.306 e. The van der Waals surface area contributed by atoms with Crippen LogP contribution in [-0.2, 0) is 23.8 Å². The monoisotopic (exact) mass is 472 g/mol. The molecule has 0 bridgehead atoms. The number of ether oxygens (including phenoxy) is 1. The van der Waals surface area contributed by atoms with Crippen LogP contribution in [0.25, 0.3) is 0 Å². The summed E-state index contributed by atoms with van der Waals surface area (Å²) < 4.78 is 35.1. The van der Waals surface area contributed by atoms with Gasteiger partial charge in [0.25, 0.3) is 10.1 Å². The van der Waals surface area contributed by atoms with Crippen molar-refractivity contribution in [3.05, 3.63) is 58.8 Å². The van der Waals surface area contributed by atoms with E-state index in [1.165, 1.54) is 35.3 Å². The van der Waals surface area contributed by atoms with Gasteiger partial charge in [-0.2, -0.15) is 8.42 Å². The minimum atomic E-state index is -4.19. The summed E-state index contributed by atoms with van der Waals surface area (Å²) in [6, 6.07) is 6.03. The molecule has 0 radical (unpaired) electrons. The third-order valence-corrected chi connectivity index (χ3v) is 5.59. The Labute approximate surface area is 172 Å². The zero-order valence-electron chi connectivity index (χ0n) is 15.1. The number of carbonyl (C=O) groups excluding carboxylic acids is 1. The number of cyclic esters (lactones) is 1. The van der Waals surface area contributed by atoms with Gasteiger partial charge in [-0.25, -0.2) is 0 Å². The molecule has 1 aromatic carbocycles. The number of hydrogen-bond acceptors (Lipinski definition) is 7. The van der Waals surface area contributed by atoms with Crippen LogP contribution >= 0.6 is 15.9 Å². The first-order valence-electron chi connectivity index (χ1n) is 8.48. The standard InChI is InChI=1S/C19H21BrO7S/c1-13-4-8-15(9-5-13)28(24,25)27-17(3-2-12-20)19(23)16(21)10-6-14-7-11-18(22)26-14/h3-6,8-10,12,14,16-17,19,21,23H,7,11H2,1H3/b10-6+/t2?,14?,16-,17-,19+/m1/s1. The maximum absolute atomic E-state index is 12.5. The number of benzene rings is 1. The number of aliphatic hydroxyl groups is 2. The average Bonchev–Trinajstić information content (AvgIpc) is 3.08. The third kappa shape index (κ3) is 6.41. The Kier molecular flexibility index (Phi) is 8.18. The normalized spacial score (nSPS) is 20.3. The van der Waals surface area contributed by atoms with Gasteiger partial charge >= 0.3 is 5.97 Å². The minimum absolute atomic E-state index is 0.0746. The van der Waals surface area contributed by atoms with Crippen molar-refractivity contribution in [3.8, 4) is 0 Å². The maximum atomic E-state index is 12.5. The highest BCUT2D eigenvalue weighted by atomic mass is 79.9. The highest BCUT2D eigenvalue weighted by molar-refractivity contribution is 9.11. The van der Waals surface area contributed by atoms with E-state index in [-0.39, 0.29) is 17.3 Å². The lowest BCUT2D eigenvalue weighted by Gasteiger charge is -2.22. The molecule has 7 nitrogen and oxygen atoms in total. The predicted molar refractivity (Wildman–Crippen MR) is 105 cm³/mol. The number of hydrogen-bond donors (Lipinski definition) is 2. The van der Waals surface area contributed by atoms with E-state index in [0.717, 1.165) is 5.56 Å². The fourth-order valence-corrected chi connectivity index (χ4v) is 3.64. The van der Waals surface area contributed by atoms with Gasteiger partial charge in [0.15, 0.2) is 0 Å². The van der Waals surface area contributed by atoms with Gasteiger partial charge in [0.05, 0.1) is 4.90 Å². The second-order valence-corrected chi connectivity index (χ2v) is 8.23. The number of rotatable bonds is 8. The molecule has 1 aromatic rings. The summed E-state index contributed by atoms with van der Waals surface area (Å²) in [5.74, 6) is -0.333. The zero-order chi connectivity index (χ0) is 20.7. The van der Waals surface area contributed by atoms with Crippen LogP contribution in [0.3, 0.4) is 0 Å². The fraction of sp³-hybridized carbons (Fsp3) is 0.368. The molecular weight excluding hydrogens is 452 g/mol. The number of halogens is 1. The van der Waals surface area contributed by atoms with E-state index < -0.39 is 34.5 Å². The van der Waals surface area contributed by atoms with Gasteiger partial charge in [0.1, 0.15) is 24.4 Å². The predicted octanol–water partition coefficient (Wildman–Crippen LogP) is 2.12. The molecule has 0 amide bonds. The van der Waals surface area contributed by atoms with Gasteiger partial charge in [0, 0.05) is 11.4 Å². The van der Waals surface area contributed by atoms with Crippen LogP contribution in [0, 0.1) is 6.92 Å². The van der Waals surface area contributed by atoms with Crippen LogP contribution in [0.15, 0.2) is 58.1 Å². The highest BCUT2D eigenvalue weighted by Crippen LogP contribution is 2.20. The fourth-order valence-electron chi connectivity index (χ4n) is 2.45. The van der Waals surface area contributed by atoms with Crippen molar-refractivity contribution < 1.29 is 32.3 Å². The second-order valence-electron chi connectivity index (χ2n) is 6.20. The van der Waals surface area contributed by atoms with E-state index >= 15 is 0 Å². The summed E-state index contributed by atoms with van der Waals surface area (Å²) in [4.78, 5) is 12.3. The first-order valence-corrected chi connectivity index (χ1v) is 10.8. The Morgan fingerprint density at radius 3 is 2.57 bits per heavy atom. The molecule has 1 unspecified atom stereocenters. The van der Waals surface area contributed by atoms with E-state index in [9.17, 15) is 23.4 Å². The van der Waals surface area contributed by atoms with E-state index in [2.05, 4.69) is 21.7 Å². The van der Waals surface area contributed by atoms with Gasteiger partial charge in [-0.15, -0.1) is 5.73 Å². The first kappa shape index (κ1) is 22.5. The molecule has 0 spiro atoms. The quantitative estimate of drug-likeness (QED) is 0.258. The summed E-state index contributed by atoms with van der Waals surface area (Å²) in [6.45, 7) is 1.82. The lowest BCUT2D eigenvalue weighted by Crippen LogP contribution is -2.38. The molecule has 9 heteroatoms. The molecule has 1 heterocycles. The molecule has 0 aliphatic carbocycles. The van der Waals surface area contributed by atoms with Crippen LogP contribution < -0.4 is 0 Å². The van der Waals surface area contributed by atoms with Gasteiger partial charge in [-0.3, -0.25) is 8.98 Å². The lowest BCUT2D eigenvalue weighted by atomic mass is 10.1. The number of aliphatic hydroxyl groups excluding tert-OH is 2. The molecule has 28 heavy (non-hydrogen) atoms. The molecule has 152 valence electrons. The van der Waals surface area contributed by atoms with Gasteiger partial charge in [-0.1, -0.05) is 39.7 Å². The van der Waals surface area contributed by atoms with Crippen molar-refractivity contribution in [3.63, 3.8) is 0 Å². The summed E-state index contributed by atoms with van der Waals surface area (Å²) in [6.07, 6.45) is -0.298. The van der Waals surface area contributed by atoms with E-state index in [1.807, 2.05) is 6.92 Å². The number of esters is 1. The van der Waals surface area contributed by atoms with Crippen LogP contribution in [-0.4, -0.2) is 49.0 Å². The third-order valence-electron chi connectivity index (χ3n) is 4.00.